The third-order valence-corrected chi connectivity index (χ3v) is 3.89. The molecule has 0 atom stereocenters. The summed E-state index contributed by atoms with van der Waals surface area (Å²) in [6.45, 7) is 4.49. The number of benzene rings is 2. The number of ether oxygens (including phenoxy) is 2. The van der Waals surface area contributed by atoms with Crippen molar-refractivity contribution in [2.24, 2.45) is 0 Å². The van der Waals surface area contributed by atoms with Gasteiger partial charge in [-0.1, -0.05) is 18.2 Å². The Hall–Kier alpha value is -3.22. The monoisotopic (exact) mass is 385 g/mol. The summed E-state index contributed by atoms with van der Waals surface area (Å²) in [6.07, 6.45) is 0. The molecule has 0 radical (unpaired) electrons. The number of urea groups is 1. The van der Waals surface area contributed by atoms with Crippen LogP contribution in [0.2, 0.25) is 0 Å². The van der Waals surface area contributed by atoms with Crippen LogP contribution in [0.5, 0.6) is 11.5 Å². The third-order valence-electron chi connectivity index (χ3n) is 3.89. The van der Waals surface area contributed by atoms with Gasteiger partial charge in [0.15, 0.2) is 11.5 Å². The summed E-state index contributed by atoms with van der Waals surface area (Å²) in [6, 6.07) is 13.9. The van der Waals surface area contributed by atoms with Crippen LogP contribution in [0.15, 0.2) is 48.5 Å². The lowest BCUT2D eigenvalue weighted by molar-refractivity contribution is 0.0773. The smallest absolute Gasteiger partial charge is 0.319 e. The van der Waals surface area contributed by atoms with Crippen LogP contribution in [0, 0.1) is 0 Å². The van der Waals surface area contributed by atoms with Gasteiger partial charge in [0.05, 0.1) is 13.7 Å². The second-order valence-corrected chi connectivity index (χ2v) is 6.56. The Bertz CT molecular complexity index is 808. The van der Waals surface area contributed by atoms with E-state index in [4.69, 9.17) is 9.47 Å². The van der Waals surface area contributed by atoms with Crippen molar-refractivity contribution in [1.82, 2.24) is 10.2 Å². The molecular formula is C21H27N3O4. The van der Waals surface area contributed by atoms with Crippen LogP contribution in [0.3, 0.4) is 0 Å². The maximum atomic E-state index is 12.6. The van der Waals surface area contributed by atoms with Gasteiger partial charge in [-0.15, -0.1) is 0 Å². The molecule has 0 saturated heterocycles. The Balaban J connectivity index is 1.92. The first kappa shape index (κ1) is 21.1. The highest BCUT2D eigenvalue weighted by atomic mass is 16.5. The lowest BCUT2D eigenvalue weighted by Crippen LogP contribution is -2.34. The quantitative estimate of drug-likeness (QED) is 0.730. The number of likely N-dealkylation sites (N-methyl/N-ethyl adjacent to an activating group) is 1. The van der Waals surface area contributed by atoms with Gasteiger partial charge in [-0.25, -0.2) is 4.79 Å². The van der Waals surface area contributed by atoms with E-state index in [9.17, 15) is 9.59 Å². The number of methoxy groups -OCH3 is 1. The van der Waals surface area contributed by atoms with Crippen molar-refractivity contribution in [1.29, 1.82) is 0 Å². The molecular weight excluding hydrogens is 358 g/mol. The average Bonchev–Trinajstić information content (AvgIpc) is 2.67. The molecule has 0 unspecified atom stereocenters. The Morgan fingerprint density at radius 2 is 1.79 bits per heavy atom. The Morgan fingerprint density at radius 3 is 2.46 bits per heavy atom. The molecule has 0 saturated carbocycles. The van der Waals surface area contributed by atoms with Crippen LogP contribution >= 0.6 is 0 Å². The van der Waals surface area contributed by atoms with E-state index in [0.29, 0.717) is 35.9 Å². The van der Waals surface area contributed by atoms with Crippen molar-refractivity contribution in [2.75, 3.05) is 32.6 Å². The predicted octanol–water partition coefficient (Wildman–Crippen LogP) is 3.38. The van der Waals surface area contributed by atoms with Gasteiger partial charge in [-0.3, -0.25) is 4.79 Å². The molecule has 0 aliphatic heterocycles. The Kier molecular flexibility index (Phi) is 7.68. The summed E-state index contributed by atoms with van der Waals surface area (Å²) in [4.78, 5) is 26.0. The number of carbonyl (C=O) groups is 2. The fourth-order valence-corrected chi connectivity index (χ4v) is 2.51. The number of para-hydroxylation sites is 2. The summed E-state index contributed by atoms with van der Waals surface area (Å²) in [5.41, 5.74) is 1.05. The molecule has 150 valence electrons. The molecule has 2 N–H and O–H groups in total. The molecule has 0 spiro atoms. The van der Waals surface area contributed by atoms with E-state index in [1.54, 1.807) is 43.3 Å². The molecule has 3 amide bonds. The maximum Gasteiger partial charge on any atom is 0.319 e. The number of carbonyl (C=O) groups excluding carboxylic acids is 2. The van der Waals surface area contributed by atoms with Crippen LogP contribution in [-0.4, -0.2) is 50.2 Å². The van der Waals surface area contributed by atoms with Gasteiger partial charge in [0.1, 0.15) is 6.61 Å². The lowest BCUT2D eigenvalue weighted by atomic mass is 10.2. The highest BCUT2D eigenvalue weighted by Gasteiger charge is 2.13. The zero-order valence-corrected chi connectivity index (χ0v) is 16.7. The summed E-state index contributed by atoms with van der Waals surface area (Å²) in [5.74, 6) is 1.12. The number of amides is 3. The van der Waals surface area contributed by atoms with E-state index in [1.807, 2.05) is 38.1 Å². The zero-order valence-electron chi connectivity index (χ0n) is 16.7. The van der Waals surface area contributed by atoms with Gasteiger partial charge in [0, 0.05) is 24.3 Å². The van der Waals surface area contributed by atoms with Crippen molar-refractivity contribution >= 4 is 17.6 Å². The molecule has 0 aromatic heterocycles. The van der Waals surface area contributed by atoms with Crippen molar-refractivity contribution in [2.45, 2.75) is 19.9 Å². The highest BCUT2D eigenvalue weighted by Crippen LogP contribution is 2.25. The van der Waals surface area contributed by atoms with Gasteiger partial charge >= 0.3 is 6.03 Å². The molecule has 28 heavy (non-hydrogen) atoms. The molecule has 7 heteroatoms. The Labute approximate surface area is 165 Å². The fourth-order valence-electron chi connectivity index (χ4n) is 2.51. The van der Waals surface area contributed by atoms with Crippen molar-refractivity contribution in [3.05, 3.63) is 54.1 Å². The van der Waals surface area contributed by atoms with Gasteiger partial charge in [0.25, 0.3) is 5.91 Å². The standard InChI is InChI=1S/C21H27N3O4/c1-15(2)22-21(26)23-17-9-7-8-16(14-17)20(25)24(3)12-13-28-19-11-6-5-10-18(19)27-4/h5-11,14-15H,12-13H2,1-4H3,(H2,22,23,26). The van der Waals surface area contributed by atoms with Crippen LogP contribution in [0.1, 0.15) is 24.2 Å². The SMILES string of the molecule is COc1ccccc1OCCN(C)C(=O)c1cccc(NC(=O)NC(C)C)c1. The van der Waals surface area contributed by atoms with Crippen LogP contribution in [-0.2, 0) is 0 Å². The Morgan fingerprint density at radius 1 is 1.07 bits per heavy atom. The summed E-state index contributed by atoms with van der Waals surface area (Å²) in [5, 5.41) is 5.47. The van der Waals surface area contributed by atoms with E-state index < -0.39 is 0 Å². The minimum Gasteiger partial charge on any atom is -0.493 e. The minimum absolute atomic E-state index is 0.0270. The molecule has 0 aliphatic carbocycles. The normalized spacial score (nSPS) is 10.3. The highest BCUT2D eigenvalue weighted by molar-refractivity contribution is 5.96. The van der Waals surface area contributed by atoms with Crippen molar-refractivity contribution in [3.63, 3.8) is 0 Å². The molecule has 0 heterocycles. The van der Waals surface area contributed by atoms with Crippen molar-refractivity contribution in [3.8, 4) is 11.5 Å². The zero-order chi connectivity index (χ0) is 20.5. The molecule has 0 fully saturated rings. The molecule has 7 nitrogen and oxygen atoms in total. The van der Waals surface area contributed by atoms with E-state index in [2.05, 4.69) is 10.6 Å². The molecule has 2 rings (SSSR count). The summed E-state index contributed by atoms with van der Waals surface area (Å²) in [7, 11) is 3.29. The maximum absolute atomic E-state index is 12.6. The third kappa shape index (κ3) is 6.19. The second-order valence-electron chi connectivity index (χ2n) is 6.56. The second kappa shape index (κ2) is 10.2. The number of nitrogens with one attached hydrogen (secondary N) is 2. The number of anilines is 1. The first-order chi connectivity index (χ1) is 13.4. The van der Waals surface area contributed by atoms with E-state index in [1.165, 1.54) is 0 Å². The largest absolute Gasteiger partial charge is 0.493 e. The van der Waals surface area contributed by atoms with Gasteiger partial charge in [-0.2, -0.15) is 0 Å². The minimum atomic E-state index is -0.307. The fraction of sp³-hybridized carbons (Fsp3) is 0.333. The first-order valence-corrected chi connectivity index (χ1v) is 9.09. The molecule has 2 aromatic rings. The number of hydrogen-bond acceptors (Lipinski definition) is 4. The topological polar surface area (TPSA) is 79.9 Å². The van der Waals surface area contributed by atoms with Crippen LogP contribution in [0.4, 0.5) is 10.5 Å². The lowest BCUT2D eigenvalue weighted by Gasteiger charge is -2.19. The first-order valence-electron chi connectivity index (χ1n) is 9.09. The molecule has 0 bridgehead atoms. The molecule has 2 aromatic carbocycles. The van der Waals surface area contributed by atoms with E-state index in [-0.39, 0.29) is 18.0 Å². The average molecular weight is 385 g/mol. The summed E-state index contributed by atoms with van der Waals surface area (Å²) < 4.78 is 11.0. The van der Waals surface area contributed by atoms with E-state index >= 15 is 0 Å². The number of hydrogen-bond donors (Lipinski definition) is 2. The van der Waals surface area contributed by atoms with E-state index in [0.717, 1.165) is 0 Å². The van der Waals surface area contributed by atoms with Crippen LogP contribution < -0.4 is 20.1 Å². The number of nitrogens with zero attached hydrogens (tertiary/aromatic N) is 1. The number of rotatable bonds is 8. The van der Waals surface area contributed by atoms with Gasteiger partial charge in [-0.05, 0) is 44.2 Å². The van der Waals surface area contributed by atoms with Crippen LogP contribution in [0.25, 0.3) is 0 Å². The van der Waals surface area contributed by atoms with Crippen molar-refractivity contribution < 1.29 is 19.1 Å². The molecule has 0 aliphatic rings. The van der Waals surface area contributed by atoms with Gasteiger partial charge < -0.3 is 25.0 Å². The predicted molar refractivity (Wildman–Crippen MR) is 109 cm³/mol. The van der Waals surface area contributed by atoms with Gasteiger partial charge in [0.2, 0.25) is 0 Å². The summed E-state index contributed by atoms with van der Waals surface area (Å²) >= 11 is 0.